The van der Waals surface area contributed by atoms with E-state index in [9.17, 15) is 14.7 Å². The molecule has 1 heterocycles. The summed E-state index contributed by atoms with van der Waals surface area (Å²) in [5, 5.41) is 16.5. The van der Waals surface area contributed by atoms with Crippen molar-refractivity contribution >= 4 is 22.7 Å². The minimum absolute atomic E-state index is 0.0417. The predicted molar refractivity (Wildman–Crippen MR) is 104 cm³/mol. The lowest BCUT2D eigenvalue weighted by atomic mass is 10.1. The van der Waals surface area contributed by atoms with Crippen molar-refractivity contribution in [3.05, 3.63) is 71.9 Å². The summed E-state index contributed by atoms with van der Waals surface area (Å²) in [6.07, 6.45) is 0.929. The van der Waals surface area contributed by atoms with Crippen LogP contribution in [0.15, 0.2) is 60.8 Å². The molecule has 6 nitrogen and oxygen atoms in total. The van der Waals surface area contributed by atoms with Crippen LogP contribution in [0.3, 0.4) is 0 Å². The van der Waals surface area contributed by atoms with Crippen molar-refractivity contribution in [2.24, 2.45) is 7.05 Å². The monoisotopic (exact) mass is 365 g/mol. The number of para-hydroxylation sites is 1. The normalized spacial score (nSPS) is 13.1. The maximum Gasteiger partial charge on any atom is 0.309 e. The molecule has 2 atom stereocenters. The van der Waals surface area contributed by atoms with E-state index in [0.29, 0.717) is 5.56 Å². The van der Waals surface area contributed by atoms with Crippen LogP contribution in [0.5, 0.6) is 0 Å². The van der Waals surface area contributed by atoms with Gasteiger partial charge < -0.3 is 20.3 Å². The Morgan fingerprint density at radius 2 is 1.70 bits per heavy atom. The average Bonchev–Trinajstić information content (AvgIpc) is 3.03. The first kappa shape index (κ1) is 18.7. The second-order valence-electron chi connectivity index (χ2n) is 6.54. The highest BCUT2D eigenvalue weighted by Gasteiger charge is 2.20. The van der Waals surface area contributed by atoms with Crippen LogP contribution in [-0.2, 0) is 16.6 Å². The molecule has 0 fully saturated rings. The predicted octanol–water partition coefficient (Wildman–Crippen LogP) is 2.21. The molecule has 3 rings (SSSR count). The third-order valence-corrected chi connectivity index (χ3v) is 4.60. The van der Waals surface area contributed by atoms with Crippen LogP contribution in [0.4, 0.5) is 0 Å². The van der Waals surface area contributed by atoms with Gasteiger partial charge in [0.2, 0.25) is 0 Å². The fourth-order valence-corrected chi connectivity index (χ4v) is 3.11. The van der Waals surface area contributed by atoms with Crippen LogP contribution < -0.4 is 10.6 Å². The van der Waals surface area contributed by atoms with Gasteiger partial charge in [0.05, 0.1) is 12.1 Å². The highest BCUT2D eigenvalue weighted by atomic mass is 16.3. The maximum absolute atomic E-state index is 12.1. The summed E-state index contributed by atoms with van der Waals surface area (Å²) in [7, 11) is 1.90. The molecule has 0 aliphatic carbocycles. The highest BCUT2D eigenvalue weighted by Crippen LogP contribution is 2.25. The van der Waals surface area contributed by atoms with E-state index in [1.807, 2.05) is 79.3 Å². The van der Waals surface area contributed by atoms with E-state index in [2.05, 4.69) is 10.6 Å². The van der Waals surface area contributed by atoms with E-state index < -0.39 is 17.9 Å². The number of amides is 2. The number of benzene rings is 2. The number of aryl methyl sites for hydroxylation is 1. The molecule has 0 unspecified atom stereocenters. The SMILES string of the molecule is C[C@H](NC(=O)C(=O)NC[C@H](O)c1cn(C)c2ccccc12)c1ccccc1. The van der Waals surface area contributed by atoms with Gasteiger partial charge in [-0.2, -0.15) is 0 Å². The highest BCUT2D eigenvalue weighted by molar-refractivity contribution is 6.35. The summed E-state index contributed by atoms with van der Waals surface area (Å²) in [4.78, 5) is 24.2. The van der Waals surface area contributed by atoms with Crippen molar-refractivity contribution in [3.63, 3.8) is 0 Å². The Morgan fingerprint density at radius 3 is 2.44 bits per heavy atom. The van der Waals surface area contributed by atoms with E-state index in [1.165, 1.54) is 0 Å². The van der Waals surface area contributed by atoms with Gasteiger partial charge in [-0.3, -0.25) is 9.59 Å². The zero-order chi connectivity index (χ0) is 19.4. The van der Waals surface area contributed by atoms with E-state index in [4.69, 9.17) is 0 Å². The van der Waals surface area contributed by atoms with Crippen molar-refractivity contribution in [3.8, 4) is 0 Å². The topological polar surface area (TPSA) is 83.4 Å². The molecule has 0 saturated carbocycles. The number of aliphatic hydroxyl groups is 1. The lowest BCUT2D eigenvalue weighted by Gasteiger charge is -2.15. The number of carbonyl (C=O) groups is 2. The smallest absolute Gasteiger partial charge is 0.309 e. The van der Waals surface area contributed by atoms with Crippen LogP contribution in [-0.4, -0.2) is 28.0 Å². The van der Waals surface area contributed by atoms with Crippen LogP contribution in [0.2, 0.25) is 0 Å². The molecule has 2 amide bonds. The molecule has 0 spiro atoms. The first-order valence-corrected chi connectivity index (χ1v) is 8.83. The molecule has 3 N–H and O–H groups in total. The number of aromatic nitrogens is 1. The molecule has 1 aromatic heterocycles. The molecule has 3 aromatic rings. The maximum atomic E-state index is 12.1. The fourth-order valence-electron chi connectivity index (χ4n) is 3.11. The number of fused-ring (bicyclic) bond motifs is 1. The Bertz CT molecular complexity index is 950. The summed E-state index contributed by atoms with van der Waals surface area (Å²) in [5.74, 6) is -1.49. The summed E-state index contributed by atoms with van der Waals surface area (Å²) >= 11 is 0. The molecule has 27 heavy (non-hydrogen) atoms. The van der Waals surface area contributed by atoms with Gasteiger partial charge in [0.15, 0.2) is 0 Å². The Labute approximate surface area is 157 Å². The van der Waals surface area contributed by atoms with Crippen LogP contribution in [0, 0.1) is 0 Å². The quantitative estimate of drug-likeness (QED) is 0.606. The lowest BCUT2D eigenvalue weighted by molar-refractivity contribution is -0.139. The largest absolute Gasteiger partial charge is 0.386 e. The number of hydrogen-bond acceptors (Lipinski definition) is 3. The second kappa shape index (κ2) is 8.05. The summed E-state index contributed by atoms with van der Waals surface area (Å²) in [6, 6.07) is 16.8. The molecular weight excluding hydrogens is 342 g/mol. The first-order valence-electron chi connectivity index (χ1n) is 8.83. The van der Waals surface area contributed by atoms with E-state index in [0.717, 1.165) is 16.5 Å². The minimum Gasteiger partial charge on any atom is -0.386 e. The average molecular weight is 365 g/mol. The molecule has 2 aromatic carbocycles. The molecule has 0 aliphatic rings. The van der Waals surface area contributed by atoms with Crippen molar-refractivity contribution in [2.75, 3.05) is 6.54 Å². The number of nitrogens with one attached hydrogen (secondary N) is 2. The van der Waals surface area contributed by atoms with E-state index >= 15 is 0 Å². The second-order valence-corrected chi connectivity index (χ2v) is 6.54. The van der Waals surface area contributed by atoms with Gasteiger partial charge >= 0.3 is 11.8 Å². The van der Waals surface area contributed by atoms with Gasteiger partial charge in [0.25, 0.3) is 0 Å². The van der Waals surface area contributed by atoms with Crippen molar-refractivity contribution in [2.45, 2.75) is 19.1 Å². The number of nitrogens with zero attached hydrogens (tertiary/aromatic N) is 1. The standard InChI is InChI=1S/C21H23N3O3/c1-14(15-8-4-3-5-9-15)23-21(27)20(26)22-12-19(25)17-13-24(2)18-11-7-6-10-16(17)18/h3-11,13-14,19,25H,12H2,1-2H3,(H,22,26)(H,23,27)/t14-,19-/m0/s1. The van der Waals surface area contributed by atoms with E-state index in [1.54, 1.807) is 0 Å². The Hall–Kier alpha value is -3.12. The number of carbonyl (C=O) groups excluding carboxylic acids is 2. The van der Waals surface area contributed by atoms with Gasteiger partial charge in [-0.05, 0) is 18.6 Å². The third-order valence-electron chi connectivity index (χ3n) is 4.60. The molecule has 0 saturated heterocycles. The zero-order valence-electron chi connectivity index (χ0n) is 15.3. The van der Waals surface area contributed by atoms with Crippen molar-refractivity contribution in [1.82, 2.24) is 15.2 Å². The van der Waals surface area contributed by atoms with Crippen molar-refractivity contribution < 1.29 is 14.7 Å². The molecule has 0 radical (unpaired) electrons. The van der Waals surface area contributed by atoms with Crippen LogP contribution in [0.25, 0.3) is 10.9 Å². The zero-order valence-corrected chi connectivity index (χ0v) is 15.3. The lowest BCUT2D eigenvalue weighted by Crippen LogP contribution is -2.42. The van der Waals surface area contributed by atoms with Gasteiger partial charge in [-0.1, -0.05) is 48.5 Å². The summed E-state index contributed by atoms with van der Waals surface area (Å²) < 4.78 is 1.92. The van der Waals surface area contributed by atoms with Crippen LogP contribution in [0.1, 0.15) is 30.2 Å². The molecular formula is C21H23N3O3. The van der Waals surface area contributed by atoms with Crippen molar-refractivity contribution in [1.29, 1.82) is 0 Å². The molecule has 0 bridgehead atoms. The van der Waals surface area contributed by atoms with Gasteiger partial charge in [0.1, 0.15) is 0 Å². The number of hydrogen-bond donors (Lipinski definition) is 3. The Kier molecular flexibility index (Phi) is 5.57. The van der Waals surface area contributed by atoms with Gasteiger partial charge in [0, 0.05) is 36.3 Å². The third kappa shape index (κ3) is 4.17. The van der Waals surface area contributed by atoms with Crippen LogP contribution >= 0.6 is 0 Å². The van der Waals surface area contributed by atoms with Gasteiger partial charge in [-0.15, -0.1) is 0 Å². The fraction of sp³-hybridized carbons (Fsp3) is 0.238. The number of aliphatic hydroxyl groups excluding tert-OH is 1. The summed E-state index contributed by atoms with van der Waals surface area (Å²) in [6.45, 7) is 1.77. The Morgan fingerprint density at radius 1 is 1.04 bits per heavy atom. The van der Waals surface area contributed by atoms with Gasteiger partial charge in [-0.25, -0.2) is 0 Å². The molecule has 6 heteroatoms. The summed E-state index contributed by atoms with van der Waals surface area (Å²) in [5.41, 5.74) is 2.62. The molecule has 140 valence electrons. The Balaban J connectivity index is 1.58. The minimum atomic E-state index is -0.903. The van der Waals surface area contributed by atoms with E-state index in [-0.39, 0.29) is 12.6 Å². The first-order chi connectivity index (χ1) is 13.0. The number of rotatable bonds is 5. The molecule has 0 aliphatic heterocycles.